The zero-order chi connectivity index (χ0) is 18.4. The van der Waals surface area contributed by atoms with Crippen LogP contribution in [-0.2, 0) is 16.0 Å². The molecule has 0 radical (unpaired) electrons. The van der Waals surface area contributed by atoms with Crippen molar-refractivity contribution >= 4 is 34.2 Å². The standard InChI is InChI=1S/C18H22N4O3S/c1-2-25-18(24)22-10-8-21(9-11-22)16(23)12-15-13-26-17(20-15)19-14-6-4-3-5-7-14/h3-7,13H,2,8-12H2,1H3,(H,19,20). The van der Waals surface area contributed by atoms with Crippen molar-refractivity contribution in [3.63, 3.8) is 0 Å². The number of nitrogens with zero attached hydrogens (tertiary/aromatic N) is 3. The number of thiazole rings is 1. The lowest BCUT2D eigenvalue weighted by atomic mass is 10.2. The zero-order valence-corrected chi connectivity index (χ0v) is 15.5. The van der Waals surface area contributed by atoms with Crippen molar-refractivity contribution in [2.45, 2.75) is 13.3 Å². The summed E-state index contributed by atoms with van der Waals surface area (Å²) in [7, 11) is 0. The summed E-state index contributed by atoms with van der Waals surface area (Å²) in [4.78, 5) is 32.1. The Labute approximate surface area is 156 Å². The first-order valence-corrected chi connectivity index (χ1v) is 9.49. The molecule has 1 N–H and O–H groups in total. The third-order valence-corrected chi connectivity index (χ3v) is 4.87. The van der Waals surface area contributed by atoms with Gasteiger partial charge < -0.3 is 19.9 Å². The molecule has 2 aromatic rings. The van der Waals surface area contributed by atoms with E-state index in [1.165, 1.54) is 11.3 Å². The van der Waals surface area contributed by atoms with Crippen molar-refractivity contribution in [3.05, 3.63) is 41.4 Å². The van der Waals surface area contributed by atoms with Gasteiger partial charge >= 0.3 is 6.09 Å². The summed E-state index contributed by atoms with van der Waals surface area (Å²) in [5, 5.41) is 5.90. The summed E-state index contributed by atoms with van der Waals surface area (Å²) in [6.45, 7) is 4.20. The smallest absolute Gasteiger partial charge is 0.409 e. The lowest BCUT2D eigenvalue weighted by Gasteiger charge is -2.34. The Balaban J connectivity index is 1.49. The van der Waals surface area contributed by atoms with Crippen LogP contribution in [0, 0.1) is 0 Å². The van der Waals surface area contributed by atoms with Gasteiger partial charge in [0.1, 0.15) is 0 Å². The molecule has 26 heavy (non-hydrogen) atoms. The van der Waals surface area contributed by atoms with Crippen molar-refractivity contribution in [1.82, 2.24) is 14.8 Å². The van der Waals surface area contributed by atoms with E-state index in [0.717, 1.165) is 16.5 Å². The Morgan fingerprint density at radius 1 is 1.15 bits per heavy atom. The van der Waals surface area contributed by atoms with Gasteiger partial charge in [0.05, 0.1) is 18.7 Å². The molecule has 0 bridgehead atoms. The van der Waals surface area contributed by atoms with Gasteiger partial charge in [0, 0.05) is 37.2 Å². The highest BCUT2D eigenvalue weighted by molar-refractivity contribution is 7.13. The van der Waals surface area contributed by atoms with Gasteiger partial charge in [0.25, 0.3) is 0 Å². The van der Waals surface area contributed by atoms with Crippen LogP contribution in [0.1, 0.15) is 12.6 Å². The molecule has 1 saturated heterocycles. The topological polar surface area (TPSA) is 74.8 Å². The molecule has 138 valence electrons. The molecule has 0 spiro atoms. The van der Waals surface area contributed by atoms with Crippen LogP contribution in [0.15, 0.2) is 35.7 Å². The monoisotopic (exact) mass is 374 g/mol. The number of carbonyl (C=O) groups is 2. The maximum atomic E-state index is 12.5. The molecule has 0 saturated carbocycles. The van der Waals surface area contributed by atoms with Crippen LogP contribution >= 0.6 is 11.3 Å². The van der Waals surface area contributed by atoms with Gasteiger partial charge in [0.15, 0.2) is 5.13 Å². The molecule has 1 aromatic carbocycles. The lowest BCUT2D eigenvalue weighted by Crippen LogP contribution is -2.51. The van der Waals surface area contributed by atoms with Gasteiger partial charge in [-0.25, -0.2) is 9.78 Å². The quantitative estimate of drug-likeness (QED) is 0.871. The molecule has 1 aliphatic heterocycles. The molecular weight excluding hydrogens is 352 g/mol. The van der Waals surface area contributed by atoms with Crippen molar-refractivity contribution in [2.75, 3.05) is 38.1 Å². The molecule has 2 amide bonds. The number of aromatic nitrogens is 1. The molecule has 3 rings (SSSR count). The number of nitrogens with one attached hydrogen (secondary N) is 1. The Morgan fingerprint density at radius 3 is 2.54 bits per heavy atom. The molecular formula is C18H22N4O3S. The molecule has 2 heterocycles. The third-order valence-electron chi connectivity index (χ3n) is 4.07. The fourth-order valence-corrected chi connectivity index (χ4v) is 3.44. The van der Waals surface area contributed by atoms with Crippen LogP contribution in [0.2, 0.25) is 0 Å². The summed E-state index contributed by atoms with van der Waals surface area (Å²) in [6, 6.07) is 9.80. The first kappa shape index (κ1) is 18.2. The van der Waals surface area contributed by atoms with Gasteiger partial charge in [-0.2, -0.15) is 0 Å². The fraction of sp³-hybridized carbons (Fsp3) is 0.389. The van der Waals surface area contributed by atoms with Gasteiger partial charge in [-0.15, -0.1) is 11.3 Å². The van der Waals surface area contributed by atoms with Gasteiger partial charge in [-0.05, 0) is 19.1 Å². The van der Waals surface area contributed by atoms with Gasteiger partial charge in [0.2, 0.25) is 5.91 Å². The number of para-hydroxylation sites is 1. The maximum Gasteiger partial charge on any atom is 0.409 e. The molecule has 1 aliphatic rings. The second-order valence-electron chi connectivity index (χ2n) is 5.88. The number of benzene rings is 1. The van der Waals surface area contributed by atoms with E-state index in [4.69, 9.17) is 4.74 Å². The second-order valence-corrected chi connectivity index (χ2v) is 6.74. The van der Waals surface area contributed by atoms with E-state index >= 15 is 0 Å². The van der Waals surface area contributed by atoms with Crippen LogP contribution < -0.4 is 5.32 Å². The average molecular weight is 374 g/mol. The van der Waals surface area contributed by atoms with E-state index in [1.807, 2.05) is 35.7 Å². The second kappa shape index (κ2) is 8.66. The van der Waals surface area contributed by atoms with E-state index in [9.17, 15) is 9.59 Å². The van der Waals surface area contributed by atoms with Gasteiger partial charge in [-0.1, -0.05) is 18.2 Å². The fourth-order valence-electron chi connectivity index (χ4n) is 2.71. The van der Waals surface area contributed by atoms with Crippen LogP contribution in [-0.4, -0.2) is 59.6 Å². The van der Waals surface area contributed by atoms with Crippen LogP contribution in [0.4, 0.5) is 15.6 Å². The number of hydrogen-bond acceptors (Lipinski definition) is 6. The Kier molecular flexibility index (Phi) is 6.06. The number of carbonyl (C=O) groups excluding carboxylic acids is 2. The Morgan fingerprint density at radius 2 is 1.85 bits per heavy atom. The first-order valence-electron chi connectivity index (χ1n) is 8.61. The molecule has 7 nitrogen and oxygen atoms in total. The van der Waals surface area contributed by atoms with Gasteiger partial charge in [-0.3, -0.25) is 4.79 Å². The maximum absolute atomic E-state index is 12.5. The van der Waals surface area contributed by atoms with Crippen LogP contribution in [0.25, 0.3) is 0 Å². The average Bonchev–Trinajstić information content (AvgIpc) is 3.09. The molecule has 1 fully saturated rings. The van der Waals surface area contributed by atoms with E-state index in [0.29, 0.717) is 32.8 Å². The van der Waals surface area contributed by atoms with Crippen molar-refractivity contribution in [3.8, 4) is 0 Å². The van der Waals surface area contributed by atoms with Crippen molar-refractivity contribution < 1.29 is 14.3 Å². The minimum atomic E-state index is -0.310. The summed E-state index contributed by atoms with van der Waals surface area (Å²) in [5.41, 5.74) is 1.72. The van der Waals surface area contributed by atoms with E-state index in [1.54, 1.807) is 16.7 Å². The molecule has 0 atom stereocenters. The van der Waals surface area contributed by atoms with Crippen LogP contribution in [0.5, 0.6) is 0 Å². The lowest BCUT2D eigenvalue weighted by molar-refractivity contribution is -0.132. The zero-order valence-electron chi connectivity index (χ0n) is 14.7. The highest BCUT2D eigenvalue weighted by atomic mass is 32.1. The number of rotatable bonds is 5. The normalized spacial score (nSPS) is 14.2. The number of ether oxygens (including phenoxy) is 1. The minimum Gasteiger partial charge on any atom is -0.450 e. The summed E-state index contributed by atoms with van der Waals surface area (Å²) in [6.07, 6.45) is -0.0393. The minimum absolute atomic E-state index is 0.0325. The Bertz CT molecular complexity index is 742. The predicted octanol–water partition coefficient (Wildman–Crippen LogP) is 2.73. The molecule has 1 aromatic heterocycles. The van der Waals surface area contributed by atoms with E-state index < -0.39 is 0 Å². The van der Waals surface area contributed by atoms with E-state index in [-0.39, 0.29) is 18.4 Å². The van der Waals surface area contributed by atoms with Crippen molar-refractivity contribution in [2.24, 2.45) is 0 Å². The highest BCUT2D eigenvalue weighted by Crippen LogP contribution is 2.21. The SMILES string of the molecule is CCOC(=O)N1CCN(C(=O)Cc2csc(Nc3ccccc3)n2)CC1. The Hall–Kier alpha value is -2.61. The summed E-state index contributed by atoms with van der Waals surface area (Å²) in [5.74, 6) is 0.0325. The number of anilines is 2. The van der Waals surface area contributed by atoms with E-state index in [2.05, 4.69) is 10.3 Å². The predicted molar refractivity (Wildman–Crippen MR) is 101 cm³/mol. The number of piperazine rings is 1. The molecule has 0 aliphatic carbocycles. The number of hydrogen-bond donors (Lipinski definition) is 1. The third kappa shape index (κ3) is 4.72. The highest BCUT2D eigenvalue weighted by Gasteiger charge is 2.25. The summed E-state index contributed by atoms with van der Waals surface area (Å²) >= 11 is 1.48. The first-order chi connectivity index (χ1) is 12.7. The summed E-state index contributed by atoms with van der Waals surface area (Å²) < 4.78 is 4.99. The molecule has 8 heteroatoms. The van der Waals surface area contributed by atoms with Crippen LogP contribution in [0.3, 0.4) is 0 Å². The molecule has 0 unspecified atom stereocenters. The number of amides is 2. The van der Waals surface area contributed by atoms with Crippen molar-refractivity contribution in [1.29, 1.82) is 0 Å². The largest absolute Gasteiger partial charge is 0.450 e.